The van der Waals surface area contributed by atoms with Crippen molar-refractivity contribution in [3.63, 3.8) is 0 Å². The molecular weight excluding hydrogens is 417 g/mol. The van der Waals surface area contributed by atoms with Crippen LogP contribution in [0.5, 0.6) is 0 Å². The van der Waals surface area contributed by atoms with Crippen molar-refractivity contribution in [3.05, 3.63) is 36.3 Å². The molecule has 4 atom stereocenters. The Morgan fingerprint density at radius 1 is 1.18 bits per heavy atom. The first-order chi connectivity index (χ1) is 15.7. The van der Waals surface area contributed by atoms with Crippen LogP contribution < -0.4 is 10.2 Å². The van der Waals surface area contributed by atoms with Gasteiger partial charge in [0.25, 0.3) is 0 Å². The van der Waals surface area contributed by atoms with Gasteiger partial charge in [-0.25, -0.2) is 4.39 Å². The molecule has 4 aliphatic carbocycles. The molecule has 176 valence electrons. The average molecular weight is 452 g/mol. The molecule has 1 aromatic carbocycles. The number of nitrogens with zero attached hydrogens (tertiary/aromatic N) is 2. The third-order valence-corrected chi connectivity index (χ3v) is 9.01. The first kappa shape index (κ1) is 21.3. The number of benzene rings is 1. The zero-order valence-electron chi connectivity index (χ0n) is 19.4. The van der Waals surface area contributed by atoms with Gasteiger partial charge in [0.05, 0.1) is 11.1 Å². The third-order valence-electron chi connectivity index (χ3n) is 9.01. The lowest BCUT2D eigenvalue weighted by Crippen LogP contribution is -2.65. The van der Waals surface area contributed by atoms with E-state index in [0.29, 0.717) is 18.3 Å². The summed E-state index contributed by atoms with van der Waals surface area (Å²) in [7, 11) is 0. The van der Waals surface area contributed by atoms with Crippen molar-refractivity contribution in [2.24, 2.45) is 17.3 Å². The van der Waals surface area contributed by atoms with Crippen molar-refractivity contribution in [3.8, 4) is 0 Å². The van der Waals surface area contributed by atoms with Gasteiger partial charge in [0, 0.05) is 42.3 Å². The fraction of sp³-hybridized carbons (Fsp3) is 0.630. The molecule has 2 N–H and O–H groups in total. The van der Waals surface area contributed by atoms with Crippen LogP contribution in [0.4, 0.5) is 10.1 Å². The van der Waals surface area contributed by atoms with E-state index in [0.717, 1.165) is 74.6 Å². The van der Waals surface area contributed by atoms with E-state index in [1.165, 1.54) is 12.5 Å². The van der Waals surface area contributed by atoms with Gasteiger partial charge in [-0.1, -0.05) is 6.92 Å². The number of aliphatic hydroxyl groups is 1. The lowest BCUT2D eigenvalue weighted by Gasteiger charge is -2.60. The zero-order valence-corrected chi connectivity index (χ0v) is 19.4. The molecule has 2 aromatic rings. The Labute approximate surface area is 194 Å². The van der Waals surface area contributed by atoms with Crippen molar-refractivity contribution >= 4 is 22.5 Å². The number of pyridine rings is 1. The number of hydrogen-bond acceptors (Lipinski definition) is 4. The SMILES string of the molecule is CC1(CC(=O)N[C@@]23C[C@@H]4C[C@@H](C[C@@](O)(C4)C2)C3)CCN(c2ccnc3ccc(F)cc23)CC1. The molecule has 1 saturated heterocycles. The number of hydrogen-bond donors (Lipinski definition) is 2. The summed E-state index contributed by atoms with van der Waals surface area (Å²) in [6.45, 7) is 3.91. The lowest BCUT2D eigenvalue weighted by molar-refractivity contribution is -0.151. The van der Waals surface area contributed by atoms with Gasteiger partial charge in [-0.2, -0.15) is 0 Å². The van der Waals surface area contributed by atoms with E-state index >= 15 is 0 Å². The van der Waals surface area contributed by atoms with E-state index in [-0.39, 0.29) is 22.7 Å². The highest BCUT2D eigenvalue weighted by molar-refractivity contribution is 5.91. The maximum atomic E-state index is 13.9. The van der Waals surface area contributed by atoms with E-state index in [2.05, 4.69) is 22.1 Å². The summed E-state index contributed by atoms with van der Waals surface area (Å²) >= 11 is 0. The van der Waals surface area contributed by atoms with Crippen LogP contribution in [0.25, 0.3) is 10.9 Å². The summed E-state index contributed by atoms with van der Waals surface area (Å²) in [6, 6.07) is 6.72. The highest BCUT2D eigenvalue weighted by Gasteiger charge is 2.57. The van der Waals surface area contributed by atoms with Crippen molar-refractivity contribution < 1.29 is 14.3 Å². The van der Waals surface area contributed by atoms with Crippen molar-refractivity contribution in [1.82, 2.24) is 10.3 Å². The van der Waals surface area contributed by atoms with Crippen LogP contribution in [0.2, 0.25) is 0 Å². The van der Waals surface area contributed by atoms with Gasteiger partial charge in [-0.05, 0) is 92.9 Å². The molecule has 0 unspecified atom stereocenters. The smallest absolute Gasteiger partial charge is 0.220 e. The lowest BCUT2D eigenvalue weighted by atomic mass is 9.51. The van der Waals surface area contributed by atoms with Gasteiger partial charge in [0.2, 0.25) is 5.91 Å². The second-order valence-corrected chi connectivity index (χ2v) is 12.0. The molecule has 4 bridgehead atoms. The fourth-order valence-corrected chi connectivity index (χ4v) is 7.93. The molecule has 4 saturated carbocycles. The molecule has 2 heterocycles. The Hall–Kier alpha value is -2.21. The number of aromatic nitrogens is 1. The first-order valence-corrected chi connectivity index (χ1v) is 12.5. The van der Waals surface area contributed by atoms with Crippen LogP contribution in [0.1, 0.15) is 64.7 Å². The number of halogens is 1. The molecule has 6 heteroatoms. The van der Waals surface area contributed by atoms with Gasteiger partial charge >= 0.3 is 0 Å². The maximum absolute atomic E-state index is 13.9. The highest BCUT2D eigenvalue weighted by Crippen LogP contribution is 2.57. The number of nitrogens with one attached hydrogen (secondary N) is 1. The minimum Gasteiger partial charge on any atom is -0.390 e. The minimum atomic E-state index is -0.556. The Kier molecular flexibility index (Phi) is 4.78. The molecule has 33 heavy (non-hydrogen) atoms. The Morgan fingerprint density at radius 3 is 2.61 bits per heavy atom. The molecule has 5 nitrogen and oxygen atoms in total. The second-order valence-electron chi connectivity index (χ2n) is 12.0. The Morgan fingerprint density at radius 2 is 1.91 bits per heavy atom. The molecule has 0 spiro atoms. The minimum absolute atomic E-state index is 0.0478. The molecule has 7 rings (SSSR count). The van der Waals surface area contributed by atoms with Crippen LogP contribution in [0.3, 0.4) is 0 Å². The Bertz CT molecular complexity index is 1080. The number of piperidine rings is 1. The molecule has 1 aliphatic heterocycles. The molecular formula is C27H34FN3O2. The summed E-state index contributed by atoms with van der Waals surface area (Å²) in [5.74, 6) is 1.03. The number of anilines is 1. The highest BCUT2D eigenvalue weighted by atomic mass is 19.1. The summed E-state index contributed by atoms with van der Waals surface area (Å²) in [6.07, 6.45) is 10.0. The fourth-order valence-electron chi connectivity index (χ4n) is 7.93. The standard InChI is InChI=1S/C27H34FN3O2/c1-25(16-24(32)30-26-12-18-10-19(13-26)15-27(33,14-18)17-26)5-8-31(9-6-25)23-4-7-29-22-3-2-20(28)11-21(22)23/h2-4,7,11,18-19,33H,5-6,8-10,12-17H2,1H3,(H,30,32)/t18-,19+,26+,27-. The summed E-state index contributed by atoms with van der Waals surface area (Å²) in [4.78, 5) is 19.9. The monoisotopic (exact) mass is 451 g/mol. The van der Waals surface area contributed by atoms with Gasteiger partial charge in [0.15, 0.2) is 0 Å². The van der Waals surface area contributed by atoms with E-state index in [1.807, 2.05) is 6.07 Å². The predicted molar refractivity (Wildman–Crippen MR) is 126 cm³/mol. The van der Waals surface area contributed by atoms with E-state index < -0.39 is 5.60 Å². The largest absolute Gasteiger partial charge is 0.390 e. The third kappa shape index (κ3) is 3.90. The Balaban J connectivity index is 1.11. The van der Waals surface area contributed by atoms with Crippen molar-refractivity contribution in [2.75, 3.05) is 18.0 Å². The summed E-state index contributed by atoms with van der Waals surface area (Å²) in [5, 5.41) is 15.3. The molecule has 0 radical (unpaired) electrons. The van der Waals surface area contributed by atoms with E-state index in [1.54, 1.807) is 18.3 Å². The molecule has 5 fully saturated rings. The zero-order chi connectivity index (χ0) is 22.8. The van der Waals surface area contributed by atoms with Crippen LogP contribution in [-0.2, 0) is 4.79 Å². The number of amides is 1. The van der Waals surface area contributed by atoms with Gasteiger partial charge in [0.1, 0.15) is 5.82 Å². The predicted octanol–water partition coefficient (Wildman–Crippen LogP) is 4.57. The van der Waals surface area contributed by atoms with Gasteiger partial charge in [-0.3, -0.25) is 9.78 Å². The average Bonchev–Trinajstić information content (AvgIpc) is 2.71. The number of rotatable bonds is 4. The van der Waals surface area contributed by atoms with Crippen LogP contribution in [-0.4, -0.2) is 40.2 Å². The van der Waals surface area contributed by atoms with E-state index in [4.69, 9.17) is 0 Å². The quantitative estimate of drug-likeness (QED) is 0.715. The number of fused-ring (bicyclic) bond motifs is 1. The molecule has 1 amide bonds. The first-order valence-electron chi connectivity index (χ1n) is 12.5. The van der Waals surface area contributed by atoms with Gasteiger partial charge < -0.3 is 15.3 Å². The van der Waals surface area contributed by atoms with Crippen LogP contribution >= 0.6 is 0 Å². The number of carbonyl (C=O) groups excluding carboxylic acids is 1. The van der Waals surface area contributed by atoms with Crippen LogP contribution in [0.15, 0.2) is 30.5 Å². The van der Waals surface area contributed by atoms with Crippen molar-refractivity contribution in [1.29, 1.82) is 0 Å². The second kappa shape index (κ2) is 7.39. The van der Waals surface area contributed by atoms with Crippen molar-refractivity contribution in [2.45, 2.75) is 75.9 Å². The summed E-state index contributed by atoms with van der Waals surface area (Å²) in [5.41, 5.74) is 1.03. The van der Waals surface area contributed by atoms with Crippen LogP contribution in [0, 0.1) is 23.1 Å². The summed E-state index contributed by atoms with van der Waals surface area (Å²) < 4.78 is 13.9. The molecule has 5 aliphatic rings. The van der Waals surface area contributed by atoms with E-state index in [9.17, 15) is 14.3 Å². The number of carbonyl (C=O) groups is 1. The topological polar surface area (TPSA) is 65.5 Å². The van der Waals surface area contributed by atoms with Gasteiger partial charge in [-0.15, -0.1) is 0 Å². The normalized spacial score (nSPS) is 34.6. The maximum Gasteiger partial charge on any atom is 0.220 e. The molecule has 1 aromatic heterocycles.